The first-order valence-electron chi connectivity index (χ1n) is 12.7. The van der Waals surface area contributed by atoms with E-state index in [1.807, 2.05) is 72.8 Å². The van der Waals surface area contributed by atoms with Crippen molar-refractivity contribution in [1.29, 1.82) is 0 Å². The Morgan fingerprint density at radius 1 is 0.649 bits per heavy atom. The third kappa shape index (κ3) is 6.19. The van der Waals surface area contributed by atoms with E-state index in [2.05, 4.69) is 48.7 Å². The van der Waals surface area contributed by atoms with Crippen LogP contribution in [0.15, 0.2) is 103 Å². The number of aromatic nitrogens is 2. The molecule has 1 heterocycles. The summed E-state index contributed by atoms with van der Waals surface area (Å²) in [5.41, 5.74) is 5.47. The van der Waals surface area contributed by atoms with Gasteiger partial charge in [0.25, 0.3) is 0 Å². The Balaban J connectivity index is 1.36. The van der Waals surface area contributed by atoms with Crippen LogP contribution in [-0.2, 0) is 11.3 Å². The molecule has 0 saturated carbocycles. The molecule has 5 nitrogen and oxygen atoms in total. The second-order valence-electron chi connectivity index (χ2n) is 9.09. The molecule has 5 rings (SSSR count). The molecule has 0 aliphatic carbocycles. The Morgan fingerprint density at radius 2 is 1.24 bits per heavy atom. The van der Waals surface area contributed by atoms with Crippen LogP contribution in [-0.4, -0.2) is 29.4 Å². The average molecular weight is 493 g/mol. The molecule has 0 saturated heterocycles. The maximum atomic E-state index is 6.46. The summed E-state index contributed by atoms with van der Waals surface area (Å²) in [7, 11) is 0. The van der Waals surface area contributed by atoms with Gasteiger partial charge in [0.2, 0.25) is 0 Å². The number of nitrogens with zero attached hydrogens (tertiary/aromatic N) is 2. The van der Waals surface area contributed by atoms with Gasteiger partial charge in [0.15, 0.2) is 0 Å². The van der Waals surface area contributed by atoms with Crippen LogP contribution >= 0.6 is 0 Å². The van der Waals surface area contributed by atoms with Crippen molar-refractivity contribution >= 4 is 11.0 Å². The predicted molar refractivity (Wildman–Crippen MR) is 147 cm³/mol. The lowest BCUT2D eigenvalue weighted by Gasteiger charge is -2.20. The molecule has 0 unspecified atom stereocenters. The molecule has 0 amide bonds. The van der Waals surface area contributed by atoms with Crippen molar-refractivity contribution in [2.24, 2.45) is 0 Å². The fourth-order valence-electron chi connectivity index (χ4n) is 4.33. The van der Waals surface area contributed by atoms with Crippen LogP contribution in [0, 0.1) is 13.8 Å². The van der Waals surface area contributed by atoms with Crippen molar-refractivity contribution in [3.05, 3.63) is 126 Å². The van der Waals surface area contributed by atoms with Crippen molar-refractivity contribution < 1.29 is 14.2 Å². The molecule has 5 heteroatoms. The number of rotatable bonds is 11. The number of hydrogen-bond acceptors (Lipinski definition) is 4. The summed E-state index contributed by atoms with van der Waals surface area (Å²) >= 11 is 0. The SMILES string of the molecule is Cc1ccc(OCCO[C@H](c2ccccc2)c2nc3ccccc3n2CCOc2ccc(C)cc2)cc1. The van der Waals surface area contributed by atoms with Crippen LogP contribution in [0.2, 0.25) is 0 Å². The van der Waals surface area contributed by atoms with Gasteiger partial charge in [-0.2, -0.15) is 0 Å². The summed E-state index contributed by atoms with van der Waals surface area (Å²) < 4.78 is 20.7. The minimum atomic E-state index is -0.338. The molecule has 4 aromatic carbocycles. The molecule has 0 fully saturated rings. The fourth-order valence-corrected chi connectivity index (χ4v) is 4.33. The second kappa shape index (κ2) is 11.8. The first-order chi connectivity index (χ1) is 18.2. The topological polar surface area (TPSA) is 45.5 Å². The standard InChI is InChI=1S/C32H32N2O3/c1-24-12-16-27(17-13-24)35-21-20-34-30-11-7-6-10-29(30)33-32(34)31(26-8-4-3-5-9-26)37-23-22-36-28-18-14-25(2)15-19-28/h3-19,31H,20-23H2,1-2H3/t31-/m1/s1. The molecule has 0 bridgehead atoms. The zero-order chi connectivity index (χ0) is 25.5. The first kappa shape index (κ1) is 24.6. The van der Waals surface area contributed by atoms with Gasteiger partial charge >= 0.3 is 0 Å². The van der Waals surface area contributed by atoms with Gasteiger partial charge in [0.1, 0.15) is 36.6 Å². The summed E-state index contributed by atoms with van der Waals surface area (Å²) in [4.78, 5) is 5.01. The van der Waals surface area contributed by atoms with E-state index >= 15 is 0 Å². The minimum absolute atomic E-state index is 0.338. The highest BCUT2D eigenvalue weighted by molar-refractivity contribution is 5.76. The van der Waals surface area contributed by atoms with Crippen LogP contribution in [0.5, 0.6) is 11.5 Å². The summed E-state index contributed by atoms with van der Waals surface area (Å²) in [6.45, 7) is 6.18. The summed E-state index contributed by atoms with van der Waals surface area (Å²) in [5, 5.41) is 0. The zero-order valence-electron chi connectivity index (χ0n) is 21.3. The number of para-hydroxylation sites is 2. The molecule has 0 aliphatic rings. The molecule has 0 aliphatic heterocycles. The lowest BCUT2D eigenvalue weighted by Crippen LogP contribution is -2.19. The van der Waals surface area contributed by atoms with Crippen molar-refractivity contribution in [1.82, 2.24) is 9.55 Å². The quantitative estimate of drug-likeness (QED) is 0.188. The zero-order valence-corrected chi connectivity index (χ0v) is 21.3. The van der Waals surface area contributed by atoms with Gasteiger partial charge < -0.3 is 18.8 Å². The first-order valence-corrected chi connectivity index (χ1v) is 12.7. The molecular formula is C32H32N2O3. The largest absolute Gasteiger partial charge is 0.492 e. The van der Waals surface area contributed by atoms with Crippen molar-refractivity contribution in [3.63, 3.8) is 0 Å². The maximum absolute atomic E-state index is 6.46. The van der Waals surface area contributed by atoms with E-state index in [0.717, 1.165) is 33.9 Å². The molecule has 0 radical (unpaired) electrons. The van der Waals surface area contributed by atoms with Crippen molar-refractivity contribution in [3.8, 4) is 11.5 Å². The Morgan fingerprint density at radius 3 is 1.92 bits per heavy atom. The van der Waals surface area contributed by atoms with Crippen LogP contribution in [0.25, 0.3) is 11.0 Å². The number of ether oxygens (including phenoxy) is 3. The molecule has 1 atom stereocenters. The second-order valence-corrected chi connectivity index (χ2v) is 9.09. The van der Waals surface area contributed by atoms with Gasteiger partial charge in [-0.3, -0.25) is 0 Å². The molecule has 0 spiro atoms. The van der Waals surface area contributed by atoms with E-state index in [4.69, 9.17) is 19.2 Å². The highest BCUT2D eigenvalue weighted by Crippen LogP contribution is 2.29. The number of benzene rings is 4. The van der Waals surface area contributed by atoms with Gasteiger partial charge in [-0.25, -0.2) is 4.98 Å². The molecule has 5 aromatic rings. The Kier molecular flexibility index (Phi) is 7.82. The highest BCUT2D eigenvalue weighted by Gasteiger charge is 2.23. The monoisotopic (exact) mass is 492 g/mol. The Hall–Kier alpha value is -4.09. The van der Waals surface area contributed by atoms with E-state index in [1.54, 1.807) is 0 Å². The highest BCUT2D eigenvalue weighted by atomic mass is 16.5. The maximum Gasteiger partial charge on any atom is 0.143 e. The van der Waals surface area contributed by atoms with E-state index in [9.17, 15) is 0 Å². The van der Waals surface area contributed by atoms with Crippen LogP contribution in [0.3, 0.4) is 0 Å². The number of hydrogen-bond donors (Lipinski definition) is 0. The van der Waals surface area contributed by atoms with Crippen LogP contribution in [0.4, 0.5) is 0 Å². The average Bonchev–Trinajstić information content (AvgIpc) is 3.29. The minimum Gasteiger partial charge on any atom is -0.492 e. The molecule has 1 aromatic heterocycles. The van der Waals surface area contributed by atoms with Gasteiger partial charge in [0, 0.05) is 0 Å². The smallest absolute Gasteiger partial charge is 0.143 e. The molecule has 0 N–H and O–H groups in total. The van der Waals surface area contributed by atoms with Crippen LogP contribution in [0.1, 0.15) is 28.6 Å². The molecule has 37 heavy (non-hydrogen) atoms. The van der Waals surface area contributed by atoms with E-state index in [1.165, 1.54) is 11.1 Å². The predicted octanol–water partition coefficient (Wildman–Crippen LogP) is 6.92. The lowest BCUT2D eigenvalue weighted by molar-refractivity contribution is 0.0492. The molecular weight excluding hydrogens is 460 g/mol. The van der Waals surface area contributed by atoms with Gasteiger partial charge in [0.05, 0.1) is 24.2 Å². The van der Waals surface area contributed by atoms with Gasteiger partial charge in [-0.1, -0.05) is 77.9 Å². The van der Waals surface area contributed by atoms with Crippen molar-refractivity contribution in [2.75, 3.05) is 19.8 Å². The molecule has 188 valence electrons. The van der Waals surface area contributed by atoms with E-state index in [0.29, 0.717) is 26.4 Å². The van der Waals surface area contributed by atoms with Crippen molar-refractivity contribution in [2.45, 2.75) is 26.5 Å². The van der Waals surface area contributed by atoms with Crippen LogP contribution < -0.4 is 9.47 Å². The fraction of sp³-hybridized carbons (Fsp3) is 0.219. The Labute approximate surface area is 218 Å². The Bertz CT molecular complexity index is 1410. The number of fused-ring (bicyclic) bond motifs is 1. The number of imidazole rings is 1. The van der Waals surface area contributed by atoms with Gasteiger partial charge in [-0.15, -0.1) is 0 Å². The summed E-state index contributed by atoms with van der Waals surface area (Å²) in [6.07, 6.45) is -0.338. The summed E-state index contributed by atoms with van der Waals surface area (Å²) in [6, 6.07) is 34.6. The normalized spacial score (nSPS) is 11.9. The number of aryl methyl sites for hydroxylation is 2. The van der Waals surface area contributed by atoms with Gasteiger partial charge in [-0.05, 0) is 55.8 Å². The summed E-state index contributed by atoms with van der Waals surface area (Å²) in [5.74, 6) is 2.56. The lowest BCUT2D eigenvalue weighted by atomic mass is 10.1. The van der Waals surface area contributed by atoms with E-state index < -0.39 is 0 Å². The third-order valence-electron chi connectivity index (χ3n) is 6.28. The third-order valence-corrected chi connectivity index (χ3v) is 6.28. The van der Waals surface area contributed by atoms with E-state index in [-0.39, 0.29) is 6.10 Å².